The minimum atomic E-state index is -0.195. The van der Waals surface area contributed by atoms with Crippen molar-refractivity contribution < 1.29 is 0 Å². The average Bonchev–Trinajstić information content (AvgIpc) is 3.08. The van der Waals surface area contributed by atoms with Crippen LogP contribution in [0.25, 0.3) is 0 Å². The minimum absolute atomic E-state index is 0.195. The molecule has 1 saturated carbocycles. The molecule has 0 unspecified atom stereocenters. The summed E-state index contributed by atoms with van der Waals surface area (Å²) in [6, 6.07) is 1.64. The number of halogens is 1. The Kier molecular flexibility index (Phi) is 3.56. The largest absolute Gasteiger partial charge is 0.402 e. The summed E-state index contributed by atoms with van der Waals surface area (Å²) in [6.07, 6.45) is 5.52. The summed E-state index contributed by atoms with van der Waals surface area (Å²) in [5, 5.41) is 0. The Morgan fingerprint density at radius 2 is 2.22 bits per heavy atom. The van der Waals surface area contributed by atoms with Crippen LogP contribution in [0.15, 0.2) is 38.3 Å². The minimum Gasteiger partial charge on any atom is -0.402 e. The van der Waals surface area contributed by atoms with Gasteiger partial charge in [0.2, 0.25) is 0 Å². The van der Waals surface area contributed by atoms with Gasteiger partial charge in [0.1, 0.15) is 11.5 Å². The van der Waals surface area contributed by atoms with E-state index >= 15 is 0 Å². The zero-order valence-corrected chi connectivity index (χ0v) is 11.6. The number of nitrogens with zero attached hydrogens (tertiary/aromatic N) is 2. The van der Waals surface area contributed by atoms with Gasteiger partial charge in [-0.2, -0.15) is 0 Å². The molecule has 1 fully saturated rings. The second kappa shape index (κ2) is 4.97. The number of hydrogen-bond donors (Lipinski definition) is 2. The number of pyridine rings is 1. The van der Waals surface area contributed by atoms with Gasteiger partial charge in [-0.05, 0) is 46.8 Å². The summed E-state index contributed by atoms with van der Waals surface area (Å²) in [5.74, 6) is 0.693. The molecule has 6 heteroatoms. The Balaban J connectivity index is 2.32. The zero-order valence-electron chi connectivity index (χ0n) is 10.1. The van der Waals surface area contributed by atoms with Gasteiger partial charge >= 0.3 is 0 Å². The molecule has 0 spiro atoms. The van der Waals surface area contributed by atoms with Gasteiger partial charge in [0.15, 0.2) is 0 Å². The number of aromatic nitrogens is 1. The van der Waals surface area contributed by atoms with Gasteiger partial charge in [0.05, 0.1) is 0 Å². The third-order valence-corrected chi connectivity index (χ3v) is 3.18. The van der Waals surface area contributed by atoms with Crippen LogP contribution in [0.4, 0.5) is 5.69 Å². The van der Waals surface area contributed by atoms with Gasteiger partial charge in [0.25, 0.3) is 5.56 Å². The van der Waals surface area contributed by atoms with Crippen LogP contribution >= 0.6 is 15.9 Å². The van der Waals surface area contributed by atoms with Crippen LogP contribution in [0.1, 0.15) is 12.8 Å². The molecule has 0 aliphatic heterocycles. The normalized spacial score (nSPS) is 17.0. The first-order chi connectivity index (χ1) is 8.47. The summed E-state index contributed by atoms with van der Waals surface area (Å²) in [6.45, 7) is 0. The van der Waals surface area contributed by atoms with Gasteiger partial charge in [-0.3, -0.25) is 4.79 Å². The first-order valence-electron chi connectivity index (χ1n) is 5.65. The standard InChI is InChI=1S/C12H15BrN4O/c1-17-6-8(13)4-10(12(17)18)16-11(15)5-9(14)7-2-3-7/h4-7H,2-3,14H2,1H3,(H2,15,16)/b9-5-. The number of allylic oxidation sites excluding steroid dienone is 1. The van der Waals surface area contributed by atoms with E-state index in [1.54, 1.807) is 25.4 Å². The van der Waals surface area contributed by atoms with E-state index < -0.39 is 0 Å². The fourth-order valence-electron chi connectivity index (χ4n) is 1.61. The van der Waals surface area contributed by atoms with E-state index in [1.807, 2.05) is 0 Å². The molecule has 0 atom stereocenters. The average molecular weight is 311 g/mol. The quantitative estimate of drug-likeness (QED) is 0.653. The number of rotatable bonds is 3. The number of hydrogen-bond acceptors (Lipinski definition) is 3. The molecule has 0 aromatic carbocycles. The van der Waals surface area contributed by atoms with E-state index in [-0.39, 0.29) is 11.4 Å². The van der Waals surface area contributed by atoms with Crippen LogP contribution in [0.5, 0.6) is 0 Å². The van der Waals surface area contributed by atoms with Crippen molar-refractivity contribution in [3.05, 3.63) is 38.9 Å². The molecule has 5 nitrogen and oxygen atoms in total. The first kappa shape index (κ1) is 12.9. The van der Waals surface area contributed by atoms with Crippen molar-refractivity contribution in [1.82, 2.24) is 4.57 Å². The summed E-state index contributed by atoms with van der Waals surface area (Å²) >= 11 is 3.31. The molecule has 1 aromatic rings. The first-order valence-corrected chi connectivity index (χ1v) is 6.44. The van der Waals surface area contributed by atoms with Crippen LogP contribution in [0.3, 0.4) is 0 Å². The lowest BCUT2D eigenvalue weighted by Crippen LogP contribution is -2.18. The monoisotopic (exact) mass is 310 g/mol. The maximum absolute atomic E-state index is 11.8. The predicted octanol–water partition coefficient (Wildman–Crippen LogP) is 1.39. The van der Waals surface area contributed by atoms with Crippen LogP contribution in [0, 0.1) is 5.92 Å². The molecule has 0 radical (unpaired) electrons. The fraction of sp³-hybridized carbons (Fsp3) is 0.333. The number of nitrogens with two attached hydrogens (primary N) is 2. The number of aryl methyl sites for hydroxylation is 1. The Bertz CT molecular complexity index is 584. The molecular weight excluding hydrogens is 296 g/mol. The van der Waals surface area contributed by atoms with Gasteiger partial charge in [-0.1, -0.05) is 0 Å². The molecule has 96 valence electrons. The van der Waals surface area contributed by atoms with Gasteiger partial charge in [-0.25, -0.2) is 4.99 Å². The van der Waals surface area contributed by atoms with E-state index in [0.29, 0.717) is 11.6 Å². The van der Waals surface area contributed by atoms with Crippen molar-refractivity contribution in [2.24, 2.45) is 29.4 Å². The van der Waals surface area contributed by atoms with E-state index in [0.717, 1.165) is 23.0 Å². The molecule has 2 rings (SSSR count). The molecule has 1 heterocycles. The van der Waals surface area contributed by atoms with E-state index in [2.05, 4.69) is 20.9 Å². The van der Waals surface area contributed by atoms with Crippen LogP contribution < -0.4 is 17.0 Å². The lowest BCUT2D eigenvalue weighted by molar-refractivity contribution is 0.856. The SMILES string of the molecule is Cn1cc(Br)cc(N=C(N)/C=C(\N)C2CC2)c1=O. The zero-order chi connectivity index (χ0) is 13.3. The summed E-state index contributed by atoms with van der Waals surface area (Å²) < 4.78 is 2.22. The number of amidine groups is 1. The van der Waals surface area contributed by atoms with E-state index in [1.165, 1.54) is 4.57 Å². The molecular formula is C12H15BrN4O. The molecule has 1 aliphatic rings. The Morgan fingerprint density at radius 3 is 2.83 bits per heavy atom. The lowest BCUT2D eigenvalue weighted by Gasteiger charge is -2.02. The molecule has 1 aromatic heterocycles. The molecule has 18 heavy (non-hydrogen) atoms. The van der Waals surface area contributed by atoms with Gasteiger partial charge in [0, 0.05) is 23.4 Å². The fourth-order valence-corrected chi connectivity index (χ4v) is 2.13. The molecule has 1 aliphatic carbocycles. The van der Waals surface area contributed by atoms with E-state index in [9.17, 15) is 4.79 Å². The third-order valence-electron chi connectivity index (χ3n) is 2.74. The Morgan fingerprint density at radius 1 is 1.56 bits per heavy atom. The predicted molar refractivity (Wildman–Crippen MR) is 75.7 cm³/mol. The summed E-state index contributed by atoms with van der Waals surface area (Å²) in [7, 11) is 1.66. The van der Waals surface area contributed by atoms with Crippen molar-refractivity contribution in [2.45, 2.75) is 12.8 Å². The second-order valence-electron chi connectivity index (χ2n) is 4.41. The van der Waals surface area contributed by atoms with Crippen molar-refractivity contribution >= 4 is 27.5 Å². The van der Waals surface area contributed by atoms with Crippen molar-refractivity contribution in [3.63, 3.8) is 0 Å². The highest BCUT2D eigenvalue weighted by Gasteiger charge is 2.23. The van der Waals surface area contributed by atoms with Crippen LogP contribution in [-0.2, 0) is 7.05 Å². The summed E-state index contributed by atoms with van der Waals surface area (Å²) in [4.78, 5) is 15.9. The smallest absolute Gasteiger partial charge is 0.276 e. The molecule has 0 amide bonds. The topological polar surface area (TPSA) is 86.4 Å². The van der Waals surface area contributed by atoms with Crippen molar-refractivity contribution in [3.8, 4) is 0 Å². The maximum atomic E-state index is 11.8. The second-order valence-corrected chi connectivity index (χ2v) is 5.33. The highest BCUT2D eigenvalue weighted by atomic mass is 79.9. The summed E-state index contributed by atoms with van der Waals surface area (Å²) in [5.41, 5.74) is 12.5. The van der Waals surface area contributed by atoms with Crippen LogP contribution in [0.2, 0.25) is 0 Å². The Labute approximate surface area is 113 Å². The van der Waals surface area contributed by atoms with Gasteiger partial charge in [-0.15, -0.1) is 0 Å². The maximum Gasteiger partial charge on any atom is 0.276 e. The highest BCUT2D eigenvalue weighted by Crippen LogP contribution is 2.33. The highest BCUT2D eigenvalue weighted by molar-refractivity contribution is 9.10. The Hall–Kier alpha value is -1.56. The van der Waals surface area contributed by atoms with Crippen LogP contribution in [-0.4, -0.2) is 10.4 Å². The molecule has 0 bridgehead atoms. The van der Waals surface area contributed by atoms with Crippen molar-refractivity contribution in [2.75, 3.05) is 0 Å². The number of aliphatic imine (C=N–C) groups is 1. The third kappa shape index (κ3) is 3.01. The molecule has 4 N–H and O–H groups in total. The molecule has 0 saturated heterocycles. The van der Waals surface area contributed by atoms with E-state index in [4.69, 9.17) is 11.5 Å². The van der Waals surface area contributed by atoms with Crippen molar-refractivity contribution in [1.29, 1.82) is 0 Å². The lowest BCUT2D eigenvalue weighted by atomic mass is 10.3. The van der Waals surface area contributed by atoms with Gasteiger partial charge < -0.3 is 16.0 Å².